The Labute approximate surface area is 116 Å². The number of benzene rings is 1. The molecule has 1 aliphatic rings. The van der Waals surface area contributed by atoms with E-state index in [1.54, 1.807) is 0 Å². The molecule has 1 atom stereocenters. The first kappa shape index (κ1) is 13.3. The molecule has 2 rings (SSSR count). The molecule has 1 aliphatic heterocycles. The maximum absolute atomic E-state index is 6.24. The molecule has 0 amide bonds. The van der Waals surface area contributed by atoms with Crippen LogP contribution >= 0.6 is 27.7 Å². The summed E-state index contributed by atoms with van der Waals surface area (Å²) < 4.78 is 7.48. The van der Waals surface area contributed by atoms with Gasteiger partial charge in [-0.2, -0.15) is 11.8 Å². The zero-order valence-electron chi connectivity index (χ0n) is 11.1. The van der Waals surface area contributed by atoms with Crippen molar-refractivity contribution in [2.45, 2.75) is 39.7 Å². The molecule has 1 heterocycles. The fourth-order valence-corrected chi connectivity index (χ4v) is 3.85. The van der Waals surface area contributed by atoms with E-state index in [2.05, 4.69) is 49.9 Å². The molecule has 0 saturated heterocycles. The molecule has 0 fully saturated rings. The summed E-state index contributed by atoms with van der Waals surface area (Å²) in [5, 5.41) is 0. The Morgan fingerprint density at radius 1 is 1.24 bits per heavy atom. The summed E-state index contributed by atoms with van der Waals surface area (Å²) in [5.41, 5.74) is 5.27. The van der Waals surface area contributed by atoms with E-state index in [1.807, 2.05) is 11.8 Å². The van der Waals surface area contributed by atoms with Gasteiger partial charge in [0.15, 0.2) is 0 Å². The van der Waals surface area contributed by atoms with Crippen molar-refractivity contribution >= 4 is 27.7 Å². The van der Waals surface area contributed by atoms with Gasteiger partial charge in [-0.05, 0) is 50.6 Å². The molecular formula is C14H19BrOS. The van der Waals surface area contributed by atoms with Crippen LogP contribution in [0.15, 0.2) is 4.47 Å². The van der Waals surface area contributed by atoms with Crippen molar-refractivity contribution in [2.75, 3.05) is 12.0 Å². The van der Waals surface area contributed by atoms with Gasteiger partial charge in [-0.25, -0.2) is 0 Å². The normalized spacial score (nSPS) is 22.5. The lowest BCUT2D eigenvalue weighted by Crippen LogP contribution is -2.33. The fourth-order valence-electron chi connectivity index (χ4n) is 2.54. The Morgan fingerprint density at radius 2 is 1.88 bits per heavy atom. The highest BCUT2D eigenvalue weighted by atomic mass is 79.9. The van der Waals surface area contributed by atoms with Crippen LogP contribution in [-0.4, -0.2) is 17.6 Å². The summed E-state index contributed by atoms with van der Waals surface area (Å²) in [5.74, 6) is 2.16. The quantitative estimate of drug-likeness (QED) is 0.798. The fraction of sp³-hybridized carbons (Fsp3) is 0.571. The summed E-state index contributed by atoms with van der Waals surface area (Å²) in [6, 6.07) is 0. The summed E-state index contributed by atoms with van der Waals surface area (Å²) in [4.78, 5) is 0. The van der Waals surface area contributed by atoms with E-state index in [0.717, 1.165) is 17.9 Å². The molecule has 1 aromatic rings. The average molecular weight is 315 g/mol. The maximum atomic E-state index is 6.24. The van der Waals surface area contributed by atoms with E-state index in [-0.39, 0.29) is 5.60 Å². The summed E-state index contributed by atoms with van der Waals surface area (Å²) in [7, 11) is 0. The number of halogens is 1. The van der Waals surface area contributed by atoms with Crippen molar-refractivity contribution in [1.29, 1.82) is 0 Å². The topological polar surface area (TPSA) is 9.23 Å². The summed E-state index contributed by atoms with van der Waals surface area (Å²) in [6.07, 6.45) is 3.16. The minimum atomic E-state index is -0.0372. The van der Waals surface area contributed by atoms with Gasteiger partial charge in [0.1, 0.15) is 11.4 Å². The van der Waals surface area contributed by atoms with Crippen LogP contribution in [0.2, 0.25) is 0 Å². The minimum Gasteiger partial charge on any atom is -0.486 e. The second-order valence-corrected chi connectivity index (χ2v) is 6.82. The molecule has 0 saturated carbocycles. The lowest BCUT2D eigenvalue weighted by molar-refractivity contribution is 0.143. The van der Waals surface area contributed by atoms with Crippen molar-refractivity contribution in [3.63, 3.8) is 0 Å². The van der Waals surface area contributed by atoms with Gasteiger partial charge in [0.2, 0.25) is 0 Å². The molecule has 0 aliphatic carbocycles. The minimum absolute atomic E-state index is 0.0372. The van der Waals surface area contributed by atoms with Crippen molar-refractivity contribution in [1.82, 2.24) is 0 Å². The van der Waals surface area contributed by atoms with E-state index in [1.165, 1.54) is 26.7 Å². The molecule has 17 heavy (non-hydrogen) atoms. The lowest BCUT2D eigenvalue weighted by atomic mass is 9.94. The largest absolute Gasteiger partial charge is 0.486 e. The van der Waals surface area contributed by atoms with Crippen molar-refractivity contribution < 1.29 is 4.74 Å². The molecule has 1 aromatic carbocycles. The third-order valence-corrected chi connectivity index (χ3v) is 5.73. The average Bonchev–Trinajstić information content (AvgIpc) is 2.62. The molecular weight excluding hydrogens is 296 g/mol. The molecule has 0 aromatic heterocycles. The number of rotatable bonds is 2. The number of thioether (sulfide) groups is 1. The first-order chi connectivity index (χ1) is 7.89. The Balaban J connectivity index is 2.52. The van der Waals surface area contributed by atoms with Crippen LogP contribution in [-0.2, 0) is 6.42 Å². The summed E-state index contributed by atoms with van der Waals surface area (Å²) in [6.45, 7) is 8.71. The molecule has 0 radical (unpaired) electrons. The zero-order chi connectivity index (χ0) is 12.8. The Morgan fingerprint density at radius 3 is 2.47 bits per heavy atom. The SMILES string of the molecule is CSCC1(C)Cc2c(C)c(Br)c(C)c(C)c2O1. The zero-order valence-corrected chi connectivity index (χ0v) is 13.5. The van der Waals surface area contributed by atoms with Gasteiger partial charge >= 0.3 is 0 Å². The highest BCUT2D eigenvalue weighted by Crippen LogP contribution is 2.44. The Hall–Kier alpha value is -0.150. The second-order valence-electron chi connectivity index (χ2n) is 5.16. The van der Waals surface area contributed by atoms with Gasteiger partial charge in [-0.15, -0.1) is 0 Å². The molecule has 1 nitrogen and oxygen atoms in total. The van der Waals surface area contributed by atoms with E-state index < -0.39 is 0 Å². The van der Waals surface area contributed by atoms with Crippen LogP contribution < -0.4 is 4.74 Å². The van der Waals surface area contributed by atoms with E-state index in [9.17, 15) is 0 Å². The van der Waals surface area contributed by atoms with Crippen LogP contribution in [0.25, 0.3) is 0 Å². The lowest BCUT2D eigenvalue weighted by Gasteiger charge is -2.23. The van der Waals surface area contributed by atoms with E-state index in [0.29, 0.717) is 0 Å². The predicted octanol–water partition coefficient (Wildman–Crippen LogP) is 4.43. The highest BCUT2D eigenvalue weighted by molar-refractivity contribution is 9.10. The first-order valence-corrected chi connectivity index (χ1v) is 8.04. The van der Waals surface area contributed by atoms with Gasteiger partial charge in [-0.1, -0.05) is 15.9 Å². The molecule has 0 spiro atoms. The third-order valence-electron chi connectivity index (χ3n) is 3.64. The van der Waals surface area contributed by atoms with Crippen LogP contribution in [0.1, 0.15) is 29.2 Å². The molecule has 3 heteroatoms. The highest BCUT2D eigenvalue weighted by Gasteiger charge is 2.37. The monoisotopic (exact) mass is 314 g/mol. The Bertz CT molecular complexity index is 431. The van der Waals surface area contributed by atoms with Crippen LogP contribution in [0, 0.1) is 20.8 Å². The van der Waals surface area contributed by atoms with Crippen LogP contribution in [0.3, 0.4) is 0 Å². The van der Waals surface area contributed by atoms with Crippen molar-refractivity contribution in [3.05, 3.63) is 26.7 Å². The number of fused-ring (bicyclic) bond motifs is 1. The number of ether oxygens (including phenoxy) is 1. The smallest absolute Gasteiger partial charge is 0.127 e. The molecule has 94 valence electrons. The predicted molar refractivity (Wildman–Crippen MR) is 79.5 cm³/mol. The van der Waals surface area contributed by atoms with Gasteiger partial charge in [0.25, 0.3) is 0 Å². The van der Waals surface area contributed by atoms with Gasteiger partial charge in [0.05, 0.1) is 0 Å². The third kappa shape index (κ3) is 2.12. The molecule has 1 unspecified atom stereocenters. The number of hydrogen-bond acceptors (Lipinski definition) is 2. The Kier molecular flexibility index (Phi) is 3.52. The van der Waals surface area contributed by atoms with Crippen molar-refractivity contribution in [2.24, 2.45) is 0 Å². The molecule has 0 N–H and O–H groups in total. The van der Waals surface area contributed by atoms with E-state index in [4.69, 9.17) is 4.74 Å². The molecule has 0 bridgehead atoms. The van der Waals surface area contributed by atoms with Gasteiger partial charge < -0.3 is 4.74 Å². The first-order valence-electron chi connectivity index (χ1n) is 5.85. The maximum Gasteiger partial charge on any atom is 0.127 e. The van der Waals surface area contributed by atoms with Crippen LogP contribution in [0.4, 0.5) is 0 Å². The van der Waals surface area contributed by atoms with Gasteiger partial charge in [0, 0.05) is 22.2 Å². The standard InChI is InChI=1S/C14H19BrOS/c1-8-9(2)13-11(10(3)12(8)15)6-14(4,16-13)7-17-5/h6-7H2,1-5H3. The second kappa shape index (κ2) is 4.51. The number of hydrogen-bond donors (Lipinski definition) is 0. The van der Waals surface area contributed by atoms with Crippen molar-refractivity contribution in [3.8, 4) is 5.75 Å². The van der Waals surface area contributed by atoms with Gasteiger partial charge in [-0.3, -0.25) is 0 Å². The summed E-state index contributed by atoms with van der Waals surface area (Å²) >= 11 is 5.55. The van der Waals surface area contributed by atoms with Crippen LogP contribution in [0.5, 0.6) is 5.75 Å². The van der Waals surface area contributed by atoms with E-state index >= 15 is 0 Å².